The maximum atomic E-state index is 13.6. The molecule has 5 rings (SSSR count). The summed E-state index contributed by atoms with van der Waals surface area (Å²) in [5.74, 6) is -0.884. The van der Waals surface area contributed by atoms with Gasteiger partial charge in [0.15, 0.2) is 0 Å². The topological polar surface area (TPSA) is 103 Å². The maximum Gasteiger partial charge on any atom is 0.416 e. The minimum atomic E-state index is -4.56. The van der Waals surface area contributed by atoms with Gasteiger partial charge in [0.1, 0.15) is 5.69 Å². The molecule has 3 aromatic rings. The molecule has 2 saturated heterocycles. The van der Waals surface area contributed by atoms with E-state index in [2.05, 4.69) is 19.9 Å². The summed E-state index contributed by atoms with van der Waals surface area (Å²) in [4.78, 5) is 29.6. The molecule has 0 unspecified atom stereocenters. The number of nitrogens with zero attached hydrogens (tertiary/aromatic N) is 5. The summed E-state index contributed by atoms with van der Waals surface area (Å²) >= 11 is 0. The summed E-state index contributed by atoms with van der Waals surface area (Å²) < 4.78 is 40.3. The number of carbonyl (C=O) groups is 1. The van der Waals surface area contributed by atoms with Gasteiger partial charge in [-0.05, 0) is 75.0 Å². The van der Waals surface area contributed by atoms with Crippen LogP contribution < -0.4 is 0 Å². The Bertz CT molecular complexity index is 1350. The van der Waals surface area contributed by atoms with Gasteiger partial charge in [-0.25, -0.2) is 9.97 Å². The van der Waals surface area contributed by atoms with E-state index in [1.165, 1.54) is 25.0 Å². The van der Waals surface area contributed by atoms with Gasteiger partial charge >= 0.3 is 12.2 Å². The van der Waals surface area contributed by atoms with Crippen LogP contribution in [-0.2, 0) is 6.18 Å². The van der Waals surface area contributed by atoms with Crippen molar-refractivity contribution in [2.75, 3.05) is 26.2 Å². The van der Waals surface area contributed by atoms with Crippen LogP contribution in [0.3, 0.4) is 0 Å². The first kappa shape index (κ1) is 25.9. The molecule has 200 valence electrons. The summed E-state index contributed by atoms with van der Waals surface area (Å²) in [6, 6.07) is 6.12. The molecular weight excluding hydrogens is 499 g/mol. The van der Waals surface area contributed by atoms with E-state index in [0.29, 0.717) is 24.7 Å². The minimum Gasteiger partial charge on any atom is -0.493 e. The monoisotopic (exact) mass is 527 g/mol. The van der Waals surface area contributed by atoms with Crippen LogP contribution in [0.15, 0.2) is 36.5 Å². The molecule has 0 radical (unpaired) electrons. The molecule has 2 N–H and O–H groups in total. The van der Waals surface area contributed by atoms with Gasteiger partial charge in [-0.2, -0.15) is 18.2 Å². The van der Waals surface area contributed by atoms with Crippen molar-refractivity contribution >= 4 is 5.91 Å². The third-order valence-corrected chi connectivity index (χ3v) is 7.34. The Morgan fingerprint density at radius 3 is 2.37 bits per heavy atom. The van der Waals surface area contributed by atoms with E-state index in [1.54, 1.807) is 17.9 Å². The Morgan fingerprint density at radius 2 is 1.71 bits per heavy atom. The molecule has 2 fully saturated rings. The number of piperidine rings is 1. The smallest absolute Gasteiger partial charge is 0.416 e. The Hall–Kier alpha value is -3.73. The Labute approximate surface area is 217 Å². The first-order valence-corrected chi connectivity index (χ1v) is 12.6. The second-order valence-corrected chi connectivity index (χ2v) is 9.80. The number of benzene rings is 1. The normalized spacial score (nSPS) is 17.2. The van der Waals surface area contributed by atoms with Crippen LogP contribution in [0.25, 0.3) is 22.4 Å². The summed E-state index contributed by atoms with van der Waals surface area (Å²) in [7, 11) is 0. The number of alkyl halides is 3. The molecular formula is C27H28F3N5O3. The average molecular weight is 528 g/mol. The third kappa shape index (κ3) is 5.15. The lowest BCUT2D eigenvalue weighted by Crippen LogP contribution is -2.46. The summed E-state index contributed by atoms with van der Waals surface area (Å²) in [5, 5.41) is 20.0. The molecule has 11 heteroatoms. The van der Waals surface area contributed by atoms with Crippen LogP contribution in [0.2, 0.25) is 0 Å². The van der Waals surface area contributed by atoms with E-state index in [0.717, 1.165) is 44.3 Å². The fourth-order valence-electron chi connectivity index (χ4n) is 5.34. The number of pyridine rings is 1. The molecule has 0 saturated carbocycles. The largest absolute Gasteiger partial charge is 0.493 e. The zero-order chi connectivity index (χ0) is 27.0. The number of hydrogen-bond acceptors (Lipinski definition) is 7. The summed E-state index contributed by atoms with van der Waals surface area (Å²) in [5.41, 5.74) is 0.284. The number of aromatic hydroxyl groups is 2. The van der Waals surface area contributed by atoms with Crippen LogP contribution in [0.1, 0.15) is 47.3 Å². The number of halogens is 3. The third-order valence-electron chi connectivity index (χ3n) is 7.34. The first-order chi connectivity index (χ1) is 18.1. The highest BCUT2D eigenvalue weighted by Crippen LogP contribution is 2.39. The van der Waals surface area contributed by atoms with Gasteiger partial charge in [0.25, 0.3) is 5.91 Å². The van der Waals surface area contributed by atoms with Crippen molar-refractivity contribution in [3.05, 3.63) is 53.3 Å². The van der Waals surface area contributed by atoms with Gasteiger partial charge in [-0.3, -0.25) is 4.79 Å². The van der Waals surface area contributed by atoms with Gasteiger partial charge in [0, 0.05) is 30.9 Å². The highest BCUT2D eigenvalue weighted by atomic mass is 19.4. The molecule has 1 aromatic carbocycles. The van der Waals surface area contributed by atoms with E-state index in [9.17, 15) is 28.2 Å². The number of amides is 1. The predicted octanol–water partition coefficient (Wildman–Crippen LogP) is 4.64. The van der Waals surface area contributed by atoms with Crippen LogP contribution in [0.5, 0.6) is 11.9 Å². The van der Waals surface area contributed by atoms with Crippen LogP contribution >= 0.6 is 0 Å². The first-order valence-electron chi connectivity index (χ1n) is 12.6. The Morgan fingerprint density at radius 1 is 1.00 bits per heavy atom. The van der Waals surface area contributed by atoms with Gasteiger partial charge < -0.3 is 20.0 Å². The van der Waals surface area contributed by atoms with Gasteiger partial charge in [0.05, 0.1) is 16.8 Å². The number of rotatable bonds is 4. The summed E-state index contributed by atoms with van der Waals surface area (Å²) in [6.07, 6.45) is 0.717. The van der Waals surface area contributed by atoms with Gasteiger partial charge in [-0.1, -0.05) is 12.1 Å². The highest BCUT2D eigenvalue weighted by molar-refractivity contribution is 5.96. The molecule has 2 aromatic heterocycles. The van der Waals surface area contributed by atoms with Crippen molar-refractivity contribution in [2.24, 2.45) is 0 Å². The quantitative estimate of drug-likeness (QED) is 0.510. The highest BCUT2D eigenvalue weighted by Gasteiger charge is 2.32. The molecule has 2 aliphatic heterocycles. The van der Waals surface area contributed by atoms with Gasteiger partial charge in [0.2, 0.25) is 5.88 Å². The second kappa shape index (κ2) is 10.2. The number of aromatic nitrogens is 3. The summed E-state index contributed by atoms with van der Waals surface area (Å²) in [6.45, 7) is 5.04. The molecule has 2 aliphatic rings. The average Bonchev–Trinajstić information content (AvgIpc) is 3.43. The fourth-order valence-corrected chi connectivity index (χ4v) is 5.34. The van der Waals surface area contributed by atoms with Crippen molar-refractivity contribution in [1.29, 1.82) is 0 Å². The Balaban J connectivity index is 1.53. The molecule has 38 heavy (non-hydrogen) atoms. The van der Waals surface area contributed by atoms with E-state index < -0.39 is 23.6 Å². The standard InChI is InChI=1S/C27H28F3N5O3/c1-16-13-20(17-5-4-6-18(14-17)27(28,29)30)23(21-15-31-26(38)33-24(21)36)32-22(16)25(37)35-11-7-19(8-12-35)34-9-2-3-10-34/h4-6,13-15,19H,2-3,7-12H2,1H3,(H2,31,33,36,38). The number of likely N-dealkylation sites (tertiary alicyclic amines) is 2. The van der Waals surface area contributed by atoms with Crippen LogP contribution in [-0.4, -0.2) is 73.1 Å². The predicted molar refractivity (Wildman–Crippen MR) is 134 cm³/mol. The molecule has 0 aliphatic carbocycles. The number of aryl methyl sites for hydroxylation is 1. The molecule has 4 heterocycles. The SMILES string of the molecule is Cc1cc(-c2cccc(C(F)(F)F)c2)c(-c2cnc(O)nc2O)nc1C(=O)N1CCC(N2CCCC2)CC1. The molecule has 1 amide bonds. The number of hydrogen-bond donors (Lipinski definition) is 2. The van der Waals surface area contributed by atoms with Crippen molar-refractivity contribution in [3.63, 3.8) is 0 Å². The van der Waals surface area contributed by atoms with E-state index in [1.807, 2.05) is 0 Å². The van der Waals surface area contributed by atoms with E-state index >= 15 is 0 Å². The van der Waals surface area contributed by atoms with E-state index in [4.69, 9.17) is 0 Å². The second-order valence-electron chi connectivity index (χ2n) is 9.80. The van der Waals surface area contributed by atoms with Crippen molar-refractivity contribution in [2.45, 2.75) is 44.8 Å². The molecule has 0 spiro atoms. The van der Waals surface area contributed by atoms with Crippen molar-refractivity contribution < 1.29 is 28.2 Å². The van der Waals surface area contributed by atoms with Crippen molar-refractivity contribution in [3.8, 4) is 34.3 Å². The molecule has 8 nitrogen and oxygen atoms in total. The zero-order valence-electron chi connectivity index (χ0n) is 20.9. The Kier molecular flexibility index (Phi) is 6.95. The van der Waals surface area contributed by atoms with Crippen LogP contribution in [0, 0.1) is 6.92 Å². The molecule has 0 bridgehead atoms. The lowest BCUT2D eigenvalue weighted by molar-refractivity contribution is -0.137. The zero-order valence-corrected chi connectivity index (χ0v) is 20.9. The number of carbonyl (C=O) groups excluding carboxylic acids is 1. The lowest BCUT2D eigenvalue weighted by Gasteiger charge is -2.36. The van der Waals surface area contributed by atoms with Gasteiger partial charge in [-0.15, -0.1) is 0 Å². The van der Waals surface area contributed by atoms with Crippen molar-refractivity contribution in [1.82, 2.24) is 24.8 Å². The van der Waals surface area contributed by atoms with Crippen LogP contribution in [0.4, 0.5) is 13.2 Å². The van der Waals surface area contributed by atoms with E-state index in [-0.39, 0.29) is 34.0 Å². The molecule has 0 atom stereocenters. The maximum absolute atomic E-state index is 13.6. The lowest BCUT2D eigenvalue weighted by atomic mass is 9.95. The fraction of sp³-hybridized carbons (Fsp3) is 0.407. The minimum absolute atomic E-state index is 0.0167.